The minimum atomic E-state index is -0.959. The monoisotopic (exact) mass is 160 g/mol. The fourth-order valence-electron chi connectivity index (χ4n) is 0.376. The molecule has 0 rings (SSSR count). The maximum Gasteiger partial charge on any atom is 0.331 e. The summed E-state index contributed by atoms with van der Waals surface area (Å²) in [6, 6.07) is 0. The van der Waals surface area contributed by atoms with Gasteiger partial charge in [-0.3, -0.25) is 0 Å². The van der Waals surface area contributed by atoms with Crippen LogP contribution in [0.3, 0.4) is 0 Å². The van der Waals surface area contributed by atoms with E-state index in [0.29, 0.717) is 12.3 Å². The van der Waals surface area contributed by atoms with Crippen LogP contribution in [-0.2, 0) is 4.79 Å². The molecule has 0 unspecified atom stereocenters. The summed E-state index contributed by atoms with van der Waals surface area (Å²) in [4.78, 5) is 10.1. The first-order valence-corrected chi connectivity index (χ1v) is 3.34. The Morgan fingerprint density at radius 2 is 2.20 bits per heavy atom. The van der Waals surface area contributed by atoms with E-state index in [2.05, 4.69) is 6.58 Å². The number of carbonyl (C=O) groups is 1. The van der Waals surface area contributed by atoms with Crippen LogP contribution in [0.2, 0.25) is 0 Å². The van der Waals surface area contributed by atoms with E-state index in [0.717, 1.165) is 0 Å². The number of aliphatic carboxylic acids is 1. The predicted octanol–water partition coefficient (Wildman–Crippen LogP) is 1.81. The van der Waals surface area contributed by atoms with Crippen molar-refractivity contribution in [2.24, 2.45) is 0 Å². The fraction of sp³-hybridized carbons (Fsp3) is 0.286. The third-order valence-electron chi connectivity index (χ3n) is 0.922. The first kappa shape index (κ1) is 9.24. The summed E-state index contributed by atoms with van der Waals surface area (Å²) >= 11 is 5.30. The highest BCUT2D eigenvalue weighted by molar-refractivity contribution is 6.18. The van der Waals surface area contributed by atoms with Gasteiger partial charge in [-0.15, -0.1) is 11.6 Å². The van der Waals surface area contributed by atoms with Gasteiger partial charge < -0.3 is 5.11 Å². The first-order chi connectivity index (χ1) is 4.68. The second-order valence-electron chi connectivity index (χ2n) is 1.74. The molecule has 0 aliphatic carbocycles. The van der Waals surface area contributed by atoms with Gasteiger partial charge in [0.15, 0.2) is 0 Å². The SMILES string of the molecule is C=C(C/C=C/CCl)C(=O)O. The van der Waals surface area contributed by atoms with Crippen LogP contribution in [0.25, 0.3) is 0 Å². The Morgan fingerprint density at radius 1 is 1.60 bits per heavy atom. The van der Waals surface area contributed by atoms with Crippen LogP contribution in [0.1, 0.15) is 6.42 Å². The number of carboxylic acid groups (broad SMARTS) is 1. The van der Waals surface area contributed by atoms with Gasteiger partial charge in [0.25, 0.3) is 0 Å². The maximum atomic E-state index is 10.1. The lowest BCUT2D eigenvalue weighted by atomic mass is 10.2. The van der Waals surface area contributed by atoms with E-state index in [-0.39, 0.29) is 5.57 Å². The van der Waals surface area contributed by atoms with Crippen molar-refractivity contribution >= 4 is 17.6 Å². The van der Waals surface area contributed by atoms with E-state index < -0.39 is 5.97 Å². The molecule has 0 aromatic heterocycles. The Labute approximate surface area is 64.8 Å². The van der Waals surface area contributed by atoms with E-state index in [9.17, 15) is 4.79 Å². The van der Waals surface area contributed by atoms with Crippen LogP contribution in [0.15, 0.2) is 24.3 Å². The number of hydrogen-bond donors (Lipinski definition) is 1. The standard InChI is InChI=1S/C7H9ClO2/c1-6(7(9)10)4-2-3-5-8/h2-3H,1,4-5H2,(H,9,10)/b3-2+. The molecule has 3 heteroatoms. The summed E-state index contributed by atoms with van der Waals surface area (Å²) in [6.45, 7) is 3.33. The molecule has 0 fully saturated rings. The Bertz CT molecular complexity index is 161. The van der Waals surface area contributed by atoms with Crippen molar-refractivity contribution < 1.29 is 9.90 Å². The lowest BCUT2D eigenvalue weighted by molar-refractivity contribution is -0.132. The van der Waals surface area contributed by atoms with Crippen LogP contribution in [0, 0.1) is 0 Å². The summed E-state index contributed by atoms with van der Waals surface area (Å²) in [5, 5.41) is 8.31. The predicted molar refractivity (Wildman–Crippen MR) is 41.3 cm³/mol. The molecule has 0 spiro atoms. The second-order valence-corrected chi connectivity index (χ2v) is 2.05. The van der Waals surface area contributed by atoms with Crippen LogP contribution in [0.5, 0.6) is 0 Å². The van der Waals surface area contributed by atoms with Gasteiger partial charge in [-0.25, -0.2) is 4.79 Å². The Morgan fingerprint density at radius 3 is 2.60 bits per heavy atom. The van der Waals surface area contributed by atoms with Gasteiger partial charge in [-0.2, -0.15) is 0 Å². The van der Waals surface area contributed by atoms with Crippen LogP contribution < -0.4 is 0 Å². The van der Waals surface area contributed by atoms with Gasteiger partial charge in [0, 0.05) is 11.5 Å². The molecule has 0 aromatic carbocycles. The first-order valence-electron chi connectivity index (χ1n) is 2.80. The molecule has 0 aliphatic heterocycles. The van der Waals surface area contributed by atoms with Crippen LogP contribution in [-0.4, -0.2) is 17.0 Å². The number of carboxylic acids is 1. The molecule has 0 aromatic rings. The molecule has 0 heterocycles. The molecule has 0 bridgehead atoms. The highest BCUT2D eigenvalue weighted by atomic mass is 35.5. The van der Waals surface area contributed by atoms with Crippen molar-refractivity contribution in [3.8, 4) is 0 Å². The minimum Gasteiger partial charge on any atom is -0.478 e. The molecule has 2 nitrogen and oxygen atoms in total. The van der Waals surface area contributed by atoms with Crippen molar-refractivity contribution in [2.75, 3.05) is 5.88 Å². The lowest BCUT2D eigenvalue weighted by Crippen LogP contribution is -1.96. The molecule has 0 saturated carbocycles. The zero-order valence-corrected chi connectivity index (χ0v) is 6.27. The summed E-state index contributed by atoms with van der Waals surface area (Å²) in [7, 11) is 0. The molecule has 10 heavy (non-hydrogen) atoms. The number of rotatable bonds is 4. The van der Waals surface area contributed by atoms with Gasteiger partial charge in [0.2, 0.25) is 0 Å². The summed E-state index contributed by atoms with van der Waals surface area (Å²) < 4.78 is 0. The third-order valence-corrected chi connectivity index (χ3v) is 1.10. The van der Waals surface area contributed by atoms with Crippen molar-refractivity contribution in [1.29, 1.82) is 0 Å². The molecule has 0 radical (unpaired) electrons. The molecule has 0 amide bonds. The zero-order valence-electron chi connectivity index (χ0n) is 5.51. The van der Waals surface area contributed by atoms with Crippen molar-refractivity contribution in [2.45, 2.75) is 6.42 Å². The highest BCUT2D eigenvalue weighted by Crippen LogP contribution is 1.98. The van der Waals surface area contributed by atoms with Crippen molar-refractivity contribution in [1.82, 2.24) is 0 Å². The number of hydrogen-bond acceptors (Lipinski definition) is 1. The molecule has 0 saturated heterocycles. The van der Waals surface area contributed by atoms with Crippen molar-refractivity contribution in [3.05, 3.63) is 24.3 Å². The zero-order chi connectivity index (χ0) is 7.98. The molecular weight excluding hydrogens is 152 g/mol. The number of alkyl halides is 1. The normalized spacial score (nSPS) is 10.1. The van der Waals surface area contributed by atoms with E-state index >= 15 is 0 Å². The maximum absolute atomic E-state index is 10.1. The average molecular weight is 161 g/mol. The minimum absolute atomic E-state index is 0.182. The molecule has 0 atom stereocenters. The lowest BCUT2D eigenvalue weighted by Gasteiger charge is -1.90. The quantitative estimate of drug-likeness (QED) is 0.387. The Balaban J connectivity index is 3.60. The van der Waals surface area contributed by atoms with Gasteiger partial charge in [0.1, 0.15) is 0 Å². The summed E-state index contributed by atoms with van der Waals surface area (Å²) in [5.41, 5.74) is 0.182. The molecule has 56 valence electrons. The Hall–Kier alpha value is -0.760. The topological polar surface area (TPSA) is 37.3 Å². The highest BCUT2D eigenvalue weighted by Gasteiger charge is 1.98. The second kappa shape index (κ2) is 5.06. The van der Waals surface area contributed by atoms with Crippen LogP contribution in [0.4, 0.5) is 0 Å². The van der Waals surface area contributed by atoms with E-state index in [1.165, 1.54) is 0 Å². The van der Waals surface area contributed by atoms with E-state index in [4.69, 9.17) is 16.7 Å². The third kappa shape index (κ3) is 4.15. The largest absolute Gasteiger partial charge is 0.478 e. The molecular formula is C7H9ClO2. The van der Waals surface area contributed by atoms with E-state index in [1.807, 2.05) is 0 Å². The number of allylic oxidation sites excluding steroid dienone is 2. The summed E-state index contributed by atoms with van der Waals surface area (Å²) in [6.07, 6.45) is 3.74. The van der Waals surface area contributed by atoms with Gasteiger partial charge >= 0.3 is 5.97 Å². The van der Waals surface area contributed by atoms with Gasteiger partial charge in [-0.1, -0.05) is 18.7 Å². The van der Waals surface area contributed by atoms with Crippen molar-refractivity contribution in [3.63, 3.8) is 0 Å². The smallest absolute Gasteiger partial charge is 0.331 e. The summed E-state index contributed by atoms with van der Waals surface area (Å²) in [5.74, 6) is -0.549. The average Bonchev–Trinajstić information content (AvgIpc) is 1.88. The number of halogens is 1. The Kier molecular flexibility index (Phi) is 4.67. The van der Waals surface area contributed by atoms with Gasteiger partial charge in [-0.05, 0) is 6.42 Å². The molecule has 1 N–H and O–H groups in total. The fourth-order valence-corrected chi connectivity index (χ4v) is 0.502. The van der Waals surface area contributed by atoms with E-state index in [1.54, 1.807) is 12.2 Å². The van der Waals surface area contributed by atoms with Crippen LogP contribution >= 0.6 is 11.6 Å². The molecule has 0 aliphatic rings. The van der Waals surface area contributed by atoms with Gasteiger partial charge in [0.05, 0.1) is 0 Å².